The summed E-state index contributed by atoms with van der Waals surface area (Å²) < 4.78 is 5.72. The zero-order valence-electron chi connectivity index (χ0n) is 14.2. The standard InChI is InChI=1S/C19H28N2O2/c1-13(2)12-23-18-5-3-4-15(11-18)21-19(22)10-14-8-16-6-7-17(9-14)20-16/h3-5,11,13-14,16-17,20H,6-10,12H2,1-2H3,(H,21,22). The Morgan fingerprint density at radius 3 is 2.74 bits per heavy atom. The van der Waals surface area contributed by atoms with E-state index in [1.165, 1.54) is 12.8 Å². The first kappa shape index (κ1) is 16.3. The Kier molecular flexibility index (Phi) is 5.21. The molecule has 4 nitrogen and oxygen atoms in total. The van der Waals surface area contributed by atoms with Crippen molar-refractivity contribution in [3.63, 3.8) is 0 Å². The van der Waals surface area contributed by atoms with Crippen molar-refractivity contribution in [3.05, 3.63) is 24.3 Å². The molecule has 126 valence electrons. The van der Waals surface area contributed by atoms with Crippen LogP contribution in [-0.2, 0) is 4.79 Å². The highest BCUT2D eigenvalue weighted by molar-refractivity contribution is 5.91. The van der Waals surface area contributed by atoms with E-state index < -0.39 is 0 Å². The summed E-state index contributed by atoms with van der Waals surface area (Å²) in [6, 6.07) is 8.97. The van der Waals surface area contributed by atoms with Crippen LogP contribution in [0.2, 0.25) is 0 Å². The summed E-state index contributed by atoms with van der Waals surface area (Å²) in [5.74, 6) is 1.95. The number of fused-ring (bicyclic) bond motifs is 2. The monoisotopic (exact) mass is 316 g/mol. The minimum atomic E-state index is 0.123. The summed E-state index contributed by atoms with van der Waals surface area (Å²) in [6.07, 6.45) is 5.46. The molecule has 2 saturated heterocycles. The van der Waals surface area contributed by atoms with Crippen molar-refractivity contribution in [2.45, 2.75) is 58.0 Å². The largest absolute Gasteiger partial charge is 0.493 e. The first-order valence-electron chi connectivity index (χ1n) is 8.87. The van der Waals surface area contributed by atoms with Gasteiger partial charge in [0.25, 0.3) is 0 Å². The molecular formula is C19H28N2O2. The molecule has 2 atom stereocenters. The van der Waals surface area contributed by atoms with Crippen molar-refractivity contribution in [2.75, 3.05) is 11.9 Å². The van der Waals surface area contributed by atoms with Gasteiger partial charge in [-0.15, -0.1) is 0 Å². The number of piperidine rings is 1. The third-order valence-corrected chi connectivity index (χ3v) is 4.75. The Labute approximate surface area is 139 Å². The van der Waals surface area contributed by atoms with Crippen molar-refractivity contribution >= 4 is 11.6 Å². The van der Waals surface area contributed by atoms with E-state index >= 15 is 0 Å². The summed E-state index contributed by atoms with van der Waals surface area (Å²) in [5.41, 5.74) is 0.827. The maximum Gasteiger partial charge on any atom is 0.224 e. The predicted molar refractivity (Wildman–Crippen MR) is 92.7 cm³/mol. The number of benzene rings is 1. The number of nitrogens with one attached hydrogen (secondary N) is 2. The Hall–Kier alpha value is -1.55. The van der Waals surface area contributed by atoms with Crippen LogP contribution in [0.1, 0.15) is 46.0 Å². The highest BCUT2D eigenvalue weighted by Gasteiger charge is 2.34. The zero-order valence-corrected chi connectivity index (χ0v) is 14.2. The Morgan fingerprint density at radius 1 is 1.30 bits per heavy atom. The van der Waals surface area contributed by atoms with Gasteiger partial charge in [-0.3, -0.25) is 4.79 Å². The fourth-order valence-corrected chi connectivity index (χ4v) is 3.74. The SMILES string of the molecule is CC(C)COc1cccc(NC(=O)CC2CC3CCC(C2)N3)c1. The Balaban J connectivity index is 1.50. The molecule has 0 saturated carbocycles. The highest BCUT2D eigenvalue weighted by atomic mass is 16.5. The van der Waals surface area contributed by atoms with E-state index in [0.29, 0.717) is 36.9 Å². The van der Waals surface area contributed by atoms with E-state index in [2.05, 4.69) is 24.5 Å². The molecule has 2 aliphatic heterocycles. The van der Waals surface area contributed by atoms with Gasteiger partial charge >= 0.3 is 0 Å². The van der Waals surface area contributed by atoms with Gasteiger partial charge in [0.2, 0.25) is 5.91 Å². The average Bonchev–Trinajstić information content (AvgIpc) is 2.84. The minimum absolute atomic E-state index is 0.123. The number of hydrogen-bond acceptors (Lipinski definition) is 3. The van der Waals surface area contributed by atoms with Crippen LogP contribution in [0.15, 0.2) is 24.3 Å². The van der Waals surface area contributed by atoms with E-state index in [9.17, 15) is 4.79 Å². The minimum Gasteiger partial charge on any atom is -0.493 e. The average molecular weight is 316 g/mol. The summed E-state index contributed by atoms with van der Waals surface area (Å²) in [4.78, 5) is 12.3. The molecule has 2 fully saturated rings. The number of ether oxygens (including phenoxy) is 1. The molecule has 1 amide bonds. The third kappa shape index (κ3) is 4.71. The molecule has 2 bridgehead atoms. The number of hydrogen-bond donors (Lipinski definition) is 2. The van der Waals surface area contributed by atoms with E-state index in [4.69, 9.17) is 4.74 Å². The number of carbonyl (C=O) groups is 1. The molecule has 1 aromatic rings. The fourth-order valence-electron chi connectivity index (χ4n) is 3.74. The molecule has 23 heavy (non-hydrogen) atoms. The van der Waals surface area contributed by atoms with Crippen LogP contribution in [0.5, 0.6) is 5.75 Å². The van der Waals surface area contributed by atoms with Crippen molar-refractivity contribution in [1.29, 1.82) is 0 Å². The van der Waals surface area contributed by atoms with Gasteiger partial charge in [0.1, 0.15) is 5.75 Å². The lowest BCUT2D eigenvalue weighted by Gasteiger charge is -2.28. The number of anilines is 1. The van der Waals surface area contributed by atoms with E-state index in [0.717, 1.165) is 24.3 Å². The van der Waals surface area contributed by atoms with Gasteiger partial charge in [0.15, 0.2) is 0 Å². The molecule has 0 aliphatic carbocycles. The van der Waals surface area contributed by atoms with E-state index in [1.54, 1.807) is 0 Å². The Morgan fingerprint density at radius 2 is 2.04 bits per heavy atom. The quantitative estimate of drug-likeness (QED) is 0.843. The van der Waals surface area contributed by atoms with Crippen LogP contribution in [0.3, 0.4) is 0 Å². The molecule has 2 heterocycles. The van der Waals surface area contributed by atoms with Crippen molar-refractivity contribution in [2.24, 2.45) is 11.8 Å². The lowest BCUT2D eigenvalue weighted by molar-refractivity contribution is -0.117. The molecular weight excluding hydrogens is 288 g/mol. The lowest BCUT2D eigenvalue weighted by Crippen LogP contribution is -2.39. The van der Waals surface area contributed by atoms with Crippen LogP contribution in [0, 0.1) is 11.8 Å². The first-order chi connectivity index (χ1) is 11.1. The maximum atomic E-state index is 12.3. The molecule has 2 N–H and O–H groups in total. The highest BCUT2D eigenvalue weighted by Crippen LogP contribution is 2.32. The molecule has 0 aromatic heterocycles. The molecule has 1 aromatic carbocycles. The molecule has 2 unspecified atom stereocenters. The van der Waals surface area contributed by atoms with Gasteiger partial charge in [-0.25, -0.2) is 0 Å². The van der Waals surface area contributed by atoms with Crippen LogP contribution >= 0.6 is 0 Å². The Bertz CT molecular complexity index is 532. The summed E-state index contributed by atoms with van der Waals surface area (Å²) in [5, 5.41) is 6.65. The van der Waals surface area contributed by atoms with Crippen molar-refractivity contribution < 1.29 is 9.53 Å². The second-order valence-corrected chi connectivity index (χ2v) is 7.46. The van der Waals surface area contributed by atoms with Gasteiger partial charge in [0, 0.05) is 30.3 Å². The number of amides is 1. The molecule has 3 rings (SSSR count). The lowest BCUT2D eigenvalue weighted by atomic mass is 9.89. The third-order valence-electron chi connectivity index (χ3n) is 4.75. The summed E-state index contributed by atoms with van der Waals surface area (Å²) in [6.45, 7) is 4.94. The van der Waals surface area contributed by atoms with E-state index in [-0.39, 0.29) is 5.91 Å². The summed E-state index contributed by atoms with van der Waals surface area (Å²) in [7, 11) is 0. The van der Waals surface area contributed by atoms with E-state index in [1.807, 2.05) is 24.3 Å². The van der Waals surface area contributed by atoms with Crippen LogP contribution in [0.4, 0.5) is 5.69 Å². The summed E-state index contributed by atoms with van der Waals surface area (Å²) >= 11 is 0. The second-order valence-electron chi connectivity index (χ2n) is 7.46. The zero-order chi connectivity index (χ0) is 16.2. The van der Waals surface area contributed by atoms with Gasteiger partial charge in [0.05, 0.1) is 6.61 Å². The van der Waals surface area contributed by atoms with Gasteiger partial charge in [-0.1, -0.05) is 19.9 Å². The van der Waals surface area contributed by atoms with Gasteiger partial charge in [-0.2, -0.15) is 0 Å². The molecule has 0 spiro atoms. The molecule has 2 aliphatic rings. The van der Waals surface area contributed by atoms with Crippen LogP contribution < -0.4 is 15.4 Å². The van der Waals surface area contributed by atoms with Crippen LogP contribution in [0.25, 0.3) is 0 Å². The number of carbonyl (C=O) groups excluding carboxylic acids is 1. The van der Waals surface area contributed by atoms with Gasteiger partial charge in [-0.05, 0) is 49.7 Å². The normalized spacial score (nSPS) is 26.3. The second kappa shape index (κ2) is 7.35. The first-order valence-corrected chi connectivity index (χ1v) is 8.87. The topological polar surface area (TPSA) is 50.4 Å². The van der Waals surface area contributed by atoms with Crippen LogP contribution in [-0.4, -0.2) is 24.6 Å². The fraction of sp³-hybridized carbons (Fsp3) is 0.632. The van der Waals surface area contributed by atoms with Crippen molar-refractivity contribution in [1.82, 2.24) is 5.32 Å². The molecule has 4 heteroatoms. The van der Waals surface area contributed by atoms with Crippen molar-refractivity contribution in [3.8, 4) is 5.75 Å². The molecule has 0 radical (unpaired) electrons. The maximum absolute atomic E-state index is 12.3. The predicted octanol–water partition coefficient (Wildman–Crippen LogP) is 3.58. The number of rotatable bonds is 6. The smallest absolute Gasteiger partial charge is 0.224 e. The van der Waals surface area contributed by atoms with Gasteiger partial charge < -0.3 is 15.4 Å².